The van der Waals surface area contributed by atoms with Crippen LogP contribution in [0.25, 0.3) is 0 Å². The number of rotatable bonds is 14. The molecule has 0 aromatic heterocycles. The highest BCUT2D eigenvalue weighted by Crippen LogP contribution is 2.47. The van der Waals surface area contributed by atoms with Crippen molar-refractivity contribution in [3.05, 3.63) is 47.2 Å². The van der Waals surface area contributed by atoms with Crippen LogP contribution in [-0.4, -0.2) is 127 Å². The number of methoxy groups -OCH3 is 2. The molecule has 3 aliphatic heterocycles. The van der Waals surface area contributed by atoms with Gasteiger partial charge in [-0.1, -0.05) is 25.5 Å². The first-order chi connectivity index (χ1) is 22.6. The predicted molar refractivity (Wildman–Crippen MR) is 163 cm³/mol. The Morgan fingerprint density at radius 1 is 1.13 bits per heavy atom. The highest BCUT2D eigenvalue weighted by molar-refractivity contribution is 5.86. The molecule has 0 spiro atoms. The monoisotopic (exact) mass is 663 g/mol. The number of nitrogens with zero attached hydrogens (tertiary/aromatic N) is 1. The van der Waals surface area contributed by atoms with Gasteiger partial charge >= 0.3 is 11.9 Å². The number of fused-ring (bicyclic) bond motifs is 4. The van der Waals surface area contributed by atoms with Crippen molar-refractivity contribution in [2.24, 2.45) is 0 Å². The van der Waals surface area contributed by atoms with E-state index < -0.39 is 61.3 Å². The molecule has 260 valence electrons. The summed E-state index contributed by atoms with van der Waals surface area (Å²) in [5, 5.41) is 40.8. The second kappa shape index (κ2) is 15.3. The molecule has 1 saturated heterocycles. The maximum atomic E-state index is 13.9. The molecule has 4 aliphatic rings. The van der Waals surface area contributed by atoms with Gasteiger partial charge < -0.3 is 53.6 Å². The molecule has 4 N–H and O–H groups in total. The number of aliphatic hydroxyl groups excluding tert-OH is 3. The van der Waals surface area contributed by atoms with Gasteiger partial charge in [0, 0.05) is 24.9 Å². The average Bonchev–Trinajstić information content (AvgIpc) is 3.72. The topological polar surface area (TPSA) is 183 Å². The Morgan fingerprint density at radius 2 is 1.89 bits per heavy atom. The maximum absolute atomic E-state index is 13.9. The summed E-state index contributed by atoms with van der Waals surface area (Å²) in [5.74, 6) is -0.534. The van der Waals surface area contributed by atoms with E-state index in [1.807, 2.05) is 18.2 Å². The lowest BCUT2D eigenvalue weighted by molar-refractivity contribution is -0.176. The van der Waals surface area contributed by atoms with Crippen LogP contribution in [0.5, 0.6) is 11.5 Å². The van der Waals surface area contributed by atoms with Crippen molar-refractivity contribution in [1.82, 2.24) is 4.90 Å². The van der Waals surface area contributed by atoms with E-state index in [0.717, 1.165) is 50.6 Å². The second-order valence-electron chi connectivity index (χ2n) is 12.2. The van der Waals surface area contributed by atoms with Crippen LogP contribution < -0.4 is 9.47 Å². The van der Waals surface area contributed by atoms with Gasteiger partial charge in [0.05, 0.1) is 33.9 Å². The first kappa shape index (κ1) is 35.1. The van der Waals surface area contributed by atoms with Crippen LogP contribution in [-0.2, 0) is 39.7 Å². The van der Waals surface area contributed by atoms with Crippen molar-refractivity contribution < 1.29 is 63.2 Å². The fourth-order valence-corrected chi connectivity index (χ4v) is 6.54. The molecule has 1 fully saturated rings. The summed E-state index contributed by atoms with van der Waals surface area (Å²) in [4.78, 5) is 28.6. The Morgan fingerprint density at radius 3 is 2.57 bits per heavy atom. The summed E-state index contributed by atoms with van der Waals surface area (Å²) < 4.78 is 38.7. The lowest BCUT2D eigenvalue weighted by Crippen LogP contribution is -2.46. The molecule has 0 bridgehead atoms. The van der Waals surface area contributed by atoms with Crippen LogP contribution in [0.4, 0.5) is 0 Å². The predicted octanol–water partition coefficient (Wildman–Crippen LogP) is 0.678. The molecule has 1 aliphatic carbocycles. The number of hydrogen-bond donors (Lipinski definition) is 4. The first-order valence-corrected chi connectivity index (χ1v) is 16.0. The Hall–Kier alpha value is -3.24. The Balaban J connectivity index is 1.36. The lowest BCUT2D eigenvalue weighted by atomic mass is 9.87. The van der Waals surface area contributed by atoms with E-state index in [0.29, 0.717) is 17.3 Å². The minimum Gasteiger partial charge on any atom is -0.497 e. The van der Waals surface area contributed by atoms with Crippen LogP contribution in [0.15, 0.2) is 36.1 Å². The molecule has 47 heavy (non-hydrogen) atoms. The molecule has 0 amide bonds. The molecular formula is C33H45NO13. The van der Waals surface area contributed by atoms with E-state index >= 15 is 0 Å². The average molecular weight is 664 g/mol. The van der Waals surface area contributed by atoms with E-state index in [9.17, 15) is 30.0 Å². The molecule has 1 aromatic rings. The smallest absolute Gasteiger partial charge is 0.339 e. The zero-order chi connectivity index (χ0) is 33.7. The SMILES string of the molecule is CCCCN1CCc2cc3c(cc2[C@@H]2[C@H](OC(=O)[C@@](O)(C/C=C/COC4OC(CO)C(O)C4O)CC(=O)OC)C(OC)=C[C@@H]21)OCO3. The maximum Gasteiger partial charge on any atom is 0.339 e. The fraction of sp³-hybridized carbons (Fsp3) is 0.636. The van der Waals surface area contributed by atoms with Crippen molar-refractivity contribution in [2.75, 3.05) is 47.3 Å². The third-order valence-electron chi connectivity index (χ3n) is 9.18. The lowest BCUT2D eigenvalue weighted by Gasteiger charge is -2.33. The summed E-state index contributed by atoms with van der Waals surface area (Å²) in [6.45, 7) is 3.22. The van der Waals surface area contributed by atoms with E-state index in [1.54, 1.807) is 0 Å². The Labute approximate surface area is 273 Å². The largest absolute Gasteiger partial charge is 0.497 e. The van der Waals surface area contributed by atoms with Crippen molar-refractivity contribution in [1.29, 1.82) is 0 Å². The molecule has 14 nitrogen and oxygen atoms in total. The molecule has 0 saturated carbocycles. The molecule has 4 unspecified atom stereocenters. The van der Waals surface area contributed by atoms with Crippen molar-refractivity contribution in [2.45, 2.75) is 87.3 Å². The van der Waals surface area contributed by atoms with Gasteiger partial charge in [-0.15, -0.1) is 0 Å². The van der Waals surface area contributed by atoms with Crippen molar-refractivity contribution >= 4 is 11.9 Å². The highest BCUT2D eigenvalue weighted by Gasteiger charge is 2.50. The Kier molecular flexibility index (Phi) is 11.4. The van der Waals surface area contributed by atoms with Gasteiger partial charge in [-0.3, -0.25) is 9.69 Å². The minimum atomic E-state index is -2.30. The highest BCUT2D eigenvalue weighted by atomic mass is 16.7. The van der Waals surface area contributed by atoms with Crippen LogP contribution in [0.1, 0.15) is 49.7 Å². The fourth-order valence-electron chi connectivity index (χ4n) is 6.54. The van der Waals surface area contributed by atoms with E-state index in [1.165, 1.54) is 19.3 Å². The zero-order valence-corrected chi connectivity index (χ0v) is 26.9. The van der Waals surface area contributed by atoms with E-state index in [2.05, 4.69) is 11.8 Å². The van der Waals surface area contributed by atoms with Crippen molar-refractivity contribution in [3.63, 3.8) is 0 Å². The number of benzene rings is 1. The summed E-state index contributed by atoms with van der Waals surface area (Å²) in [7, 11) is 2.66. The number of carbonyl (C=O) groups is 2. The summed E-state index contributed by atoms with van der Waals surface area (Å²) in [6, 6.07) is 3.74. The van der Waals surface area contributed by atoms with Gasteiger partial charge in [0.1, 0.15) is 24.1 Å². The third-order valence-corrected chi connectivity index (χ3v) is 9.18. The number of hydrogen-bond acceptors (Lipinski definition) is 14. The second-order valence-corrected chi connectivity index (χ2v) is 12.2. The molecule has 8 atom stereocenters. The number of ether oxygens (including phenoxy) is 7. The summed E-state index contributed by atoms with van der Waals surface area (Å²) in [6.07, 6.45) is 0.845. The Bertz CT molecular complexity index is 1330. The number of unbranched alkanes of at least 4 members (excludes halogenated alkanes) is 1. The molecule has 5 rings (SSSR count). The zero-order valence-electron chi connectivity index (χ0n) is 26.9. The van der Waals surface area contributed by atoms with Gasteiger partial charge in [-0.2, -0.15) is 0 Å². The summed E-state index contributed by atoms with van der Waals surface area (Å²) in [5.41, 5.74) is -0.332. The van der Waals surface area contributed by atoms with Gasteiger partial charge in [-0.25, -0.2) is 4.79 Å². The number of aliphatic hydroxyl groups is 4. The number of carbonyl (C=O) groups excluding carboxylic acids is 2. The normalized spacial score (nSPS) is 29.5. The quantitative estimate of drug-likeness (QED) is 0.161. The van der Waals surface area contributed by atoms with Crippen molar-refractivity contribution in [3.8, 4) is 11.5 Å². The molecule has 14 heteroatoms. The van der Waals surface area contributed by atoms with Crippen LogP contribution >= 0.6 is 0 Å². The van der Waals surface area contributed by atoms with Gasteiger partial charge in [0.15, 0.2) is 29.5 Å². The van der Waals surface area contributed by atoms with Crippen LogP contribution in [0.3, 0.4) is 0 Å². The third kappa shape index (κ3) is 7.43. The molecule has 0 radical (unpaired) electrons. The first-order valence-electron chi connectivity index (χ1n) is 16.0. The van der Waals surface area contributed by atoms with E-state index in [-0.39, 0.29) is 31.8 Å². The molecule has 3 heterocycles. The minimum absolute atomic E-state index is 0.118. The van der Waals surface area contributed by atoms with Gasteiger partial charge in [-0.05, 0) is 48.7 Å². The van der Waals surface area contributed by atoms with Crippen LogP contribution in [0, 0.1) is 0 Å². The molecular weight excluding hydrogens is 618 g/mol. The molecule has 1 aromatic carbocycles. The standard InChI is InChI=1S/C33H45NO13/c1-4-5-10-34-11-8-19-13-22-23(45-18-44-22)14-20(19)27-21(34)15-24(41-2)30(27)47-32(39)33(40,16-26(36)42-3)9-6-7-12-43-31-29(38)28(37)25(17-35)46-31/h6-7,13-15,21,25,27-31,35,37-38,40H,4-5,8-12,16-18H2,1-3H3/b7-6+/t21-,25?,27-,28?,29?,30+,31?,33+/m0/s1. The summed E-state index contributed by atoms with van der Waals surface area (Å²) >= 11 is 0. The van der Waals surface area contributed by atoms with Gasteiger partial charge in [0.25, 0.3) is 0 Å². The van der Waals surface area contributed by atoms with Crippen LogP contribution in [0.2, 0.25) is 0 Å². The number of esters is 2. The van der Waals surface area contributed by atoms with Gasteiger partial charge in [0.2, 0.25) is 6.79 Å². The van der Waals surface area contributed by atoms with E-state index in [4.69, 9.17) is 33.2 Å².